The van der Waals surface area contributed by atoms with Gasteiger partial charge in [0.2, 0.25) is 0 Å². The van der Waals surface area contributed by atoms with Gasteiger partial charge in [0.05, 0.1) is 13.2 Å². The van der Waals surface area contributed by atoms with Crippen LogP contribution >= 0.6 is 0 Å². The summed E-state index contributed by atoms with van der Waals surface area (Å²) >= 11 is 0. The summed E-state index contributed by atoms with van der Waals surface area (Å²) < 4.78 is 15.8. The highest BCUT2D eigenvalue weighted by Crippen LogP contribution is 2.28. The van der Waals surface area contributed by atoms with E-state index in [9.17, 15) is 4.79 Å². The van der Waals surface area contributed by atoms with E-state index in [4.69, 9.17) is 19.9 Å². The molecule has 0 aromatic heterocycles. The van der Waals surface area contributed by atoms with Crippen LogP contribution in [0.5, 0.6) is 11.5 Å². The van der Waals surface area contributed by atoms with E-state index in [1.807, 2.05) is 12.1 Å². The first-order valence-electron chi connectivity index (χ1n) is 7.21. The van der Waals surface area contributed by atoms with Crippen LogP contribution in [0.25, 0.3) is 0 Å². The first-order chi connectivity index (χ1) is 9.96. The number of carbonyl (C=O) groups excluding carboxylic acids is 1. The molecular weight excluding hydrogens is 270 g/mol. The number of ether oxygens (including phenoxy) is 3. The van der Waals surface area contributed by atoms with Crippen LogP contribution in [0.15, 0.2) is 18.2 Å². The number of hydrogen-bond donors (Lipinski definition) is 1. The smallest absolute Gasteiger partial charge is 0.344 e. The molecule has 5 nitrogen and oxygen atoms in total. The Hall–Kier alpha value is -1.75. The molecular formula is C16H25NO4. The van der Waals surface area contributed by atoms with E-state index in [1.54, 1.807) is 27.0 Å². The number of carbonyl (C=O) groups is 1. The highest BCUT2D eigenvalue weighted by Gasteiger charge is 2.11. The lowest BCUT2D eigenvalue weighted by molar-refractivity contribution is -0.149. The molecule has 0 saturated carbocycles. The van der Waals surface area contributed by atoms with Crippen molar-refractivity contribution >= 4 is 5.97 Å². The van der Waals surface area contributed by atoms with Crippen molar-refractivity contribution in [3.63, 3.8) is 0 Å². The average molecular weight is 295 g/mol. The number of nitrogens with two attached hydrogens (primary N) is 1. The first kappa shape index (κ1) is 17.3. The van der Waals surface area contributed by atoms with Gasteiger partial charge in [-0.05, 0) is 44.4 Å². The van der Waals surface area contributed by atoms with Crippen molar-refractivity contribution in [2.45, 2.75) is 45.8 Å². The SMILES string of the molecule is CCC(N)Cc1ccc(OCC(=O)OC(C)C)c(OC)c1. The molecule has 1 aromatic carbocycles. The molecule has 1 unspecified atom stereocenters. The quantitative estimate of drug-likeness (QED) is 0.745. The summed E-state index contributed by atoms with van der Waals surface area (Å²) in [4.78, 5) is 11.5. The van der Waals surface area contributed by atoms with Crippen molar-refractivity contribution in [3.05, 3.63) is 23.8 Å². The van der Waals surface area contributed by atoms with Crippen molar-refractivity contribution in [1.29, 1.82) is 0 Å². The normalized spacial score (nSPS) is 12.1. The predicted octanol–water partition coefficient (Wildman–Crippen LogP) is 2.31. The summed E-state index contributed by atoms with van der Waals surface area (Å²) in [6.07, 6.45) is 1.55. The number of hydrogen-bond acceptors (Lipinski definition) is 5. The van der Waals surface area contributed by atoms with Crippen LogP contribution in [0.2, 0.25) is 0 Å². The van der Waals surface area contributed by atoms with E-state index in [-0.39, 0.29) is 18.8 Å². The molecule has 0 heterocycles. The van der Waals surface area contributed by atoms with Crippen LogP contribution in [0.4, 0.5) is 0 Å². The Kier molecular flexibility index (Phi) is 7.02. The third-order valence-corrected chi connectivity index (χ3v) is 2.96. The van der Waals surface area contributed by atoms with Gasteiger partial charge < -0.3 is 19.9 Å². The molecule has 0 spiro atoms. The van der Waals surface area contributed by atoms with Crippen molar-refractivity contribution < 1.29 is 19.0 Å². The Morgan fingerprint density at radius 1 is 1.29 bits per heavy atom. The third kappa shape index (κ3) is 6.04. The zero-order chi connectivity index (χ0) is 15.8. The Balaban J connectivity index is 2.68. The maximum absolute atomic E-state index is 11.5. The minimum absolute atomic E-state index is 0.127. The monoisotopic (exact) mass is 295 g/mol. The molecule has 1 rings (SSSR count). The second-order valence-electron chi connectivity index (χ2n) is 5.18. The van der Waals surface area contributed by atoms with E-state index >= 15 is 0 Å². The molecule has 0 amide bonds. The fourth-order valence-corrected chi connectivity index (χ4v) is 1.84. The Labute approximate surface area is 126 Å². The highest BCUT2D eigenvalue weighted by atomic mass is 16.6. The Morgan fingerprint density at radius 2 is 2.00 bits per heavy atom. The van der Waals surface area contributed by atoms with E-state index in [1.165, 1.54) is 0 Å². The summed E-state index contributed by atoms with van der Waals surface area (Å²) in [7, 11) is 1.57. The van der Waals surface area contributed by atoms with Crippen LogP contribution in [0.1, 0.15) is 32.8 Å². The van der Waals surface area contributed by atoms with Crippen molar-refractivity contribution in [2.24, 2.45) is 5.73 Å². The molecule has 0 fully saturated rings. The zero-order valence-electron chi connectivity index (χ0n) is 13.2. The molecule has 1 aromatic rings. The number of methoxy groups -OCH3 is 1. The average Bonchev–Trinajstić information content (AvgIpc) is 2.44. The number of esters is 1. The minimum Gasteiger partial charge on any atom is -0.493 e. The van der Waals surface area contributed by atoms with Gasteiger partial charge in [-0.3, -0.25) is 0 Å². The van der Waals surface area contributed by atoms with Crippen LogP contribution in [0, 0.1) is 0 Å². The van der Waals surface area contributed by atoms with E-state index < -0.39 is 5.97 Å². The van der Waals surface area contributed by atoms with Gasteiger partial charge in [-0.15, -0.1) is 0 Å². The van der Waals surface area contributed by atoms with Crippen molar-refractivity contribution in [1.82, 2.24) is 0 Å². The van der Waals surface area contributed by atoms with Gasteiger partial charge in [-0.1, -0.05) is 13.0 Å². The summed E-state index contributed by atoms with van der Waals surface area (Å²) in [5.74, 6) is 0.712. The molecule has 118 valence electrons. The number of benzene rings is 1. The topological polar surface area (TPSA) is 70.8 Å². The van der Waals surface area contributed by atoms with Gasteiger partial charge in [-0.25, -0.2) is 4.79 Å². The lowest BCUT2D eigenvalue weighted by Gasteiger charge is -2.14. The molecule has 5 heteroatoms. The minimum atomic E-state index is -0.399. The predicted molar refractivity (Wildman–Crippen MR) is 81.7 cm³/mol. The number of rotatable bonds is 8. The summed E-state index contributed by atoms with van der Waals surface area (Å²) in [6.45, 7) is 5.51. The summed E-state index contributed by atoms with van der Waals surface area (Å²) in [5, 5.41) is 0. The van der Waals surface area contributed by atoms with E-state index in [2.05, 4.69) is 6.92 Å². The molecule has 2 N–H and O–H groups in total. The lowest BCUT2D eigenvalue weighted by atomic mass is 10.0. The standard InChI is InChI=1S/C16H25NO4/c1-5-13(17)8-12-6-7-14(15(9-12)19-4)20-10-16(18)21-11(2)3/h6-7,9,11,13H,5,8,10,17H2,1-4H3. The third-order valence-electron chi connectivity index (χ3n) is 2.96. The van der Waals surface area contributed by atoms with Gasteiger partial charge in [0.1, 0.15) is 0 Å². The molecule has 0 aliphatic carbocycles. The Bertz CT molecular complexity index is 460. The molecule has 0 aliphatic rings. The molecule has 21 heavy (non-hydrogen) atoms. The van der Waals surface area contributed by atoms with E-state index in [0.717, 1.165) is 18.4 Å². The fourth-order valence-electron chi connectivity index (χ4n) is 1.84. The van der Waals surface area contributed by atoms with Gasteiger partial charge in [-0.2, -0.15) is 0 Å². The molecule has 0 saturated heterocycles. The van der Waals surface area contributed by atoms with Crippen LogP contribution in [0.3, 0.4) is 0 Å². The maximum atomic E-state index is 11.5. The molecule has 0 radical (unpaired) electrons. The molecule has 0 aliphatic heterocycles. The second-order valence-corrected chi connectivity index (χ2v) is 5.18. The summed E-state index contributed by atoms with van der Waals surface area (Å²) in [5.41, 5.74) is 7.03. The van der Waals surface area contributed by atoms with Crippen LogP contribution < -0.4 is 15.2 Å². The summed E-state index contributed by atoms with van der Waals surface area (Å²) in [6, 6.07) is 5.74. The zero-order valence-corrected chi connectivity index (χ0v) is 13.2. The largest absolute Gasteiger partial charge is 0.493 e. The van der Waals surface area contributed by atoms with Crippen LogP contribution in [-0.2, 0) is 16.0 Å². The second kappa shape index (κ2) is 8.52. The van der Waals surface area contributed by atoms with Gasteiger partial charge in [0.25, 0.3) is 0 Å². The van der Waals surface area contributed by atoms with Crippen molar-refractivity contribution in [3.8, 4) is 11.5 Å². The van der Waals surface area contributed by atoms with Gasteiger partial charge in [0, 0.05) is 6.04 Å². The fraction of sp³-hybridized carbons (Fsp3) is 0.562. The maximum Gasteiger partial charge on any atom is 0.344 e. The first-order valence-corrected chi connectivity index (χ1v) is 7.21. The van der Waals surface area contributed by atoms with Crippen molar-refractivity contribution in [2.75, 3.05) is 13.7 Å². The highest BCUT2D eigenvalue weighted by molar-refractivity contribution is 5.71. The molecule has 1 atom stereocenters. The Morgan fingerprint density at radius 3 is 2.57 bits per heavy atom. The van der Waals surface area contributed by atoms with Gasteiger partial charge >= 0.3 is 5.97 Å². The van der Waals surface area contributed by atoms with Gasteiger partial charge in [0.15, 0.2) is 18.1 Å². The van der Waals surface area contributed by atoms with Crippen LogP contribution in [-0.4, -0.2) is 31.8 Å². The van der Waals surface area contributed by atoms with E-state index in [0.29, 0.717) is 11.5 Å². The molecule has 0 bridgehead atoms. The lowest BCUT2D eigenvalue weighted by Crippen LogP contribution is -2.21.